The average Bonchev–Trinajstić information content (AvgIpc) is 2.40. The van der Waals surface area contributed by atoms with Crippen LogP contribution in [0.25, 0.3) is 0 Å². The van der Waals surface area contributed by atoms with Gasteiger partial charge in [-0.15, -0.1) is 0 Å². The first-order chi connectivity index (χ1) is 9.07. The Bertz CT molecular complexity index is 647. The van der Waals surface area contributed by atoms with Gasteiger partial charge in [-0.05, 0) is 40.2 Å². The lowest BCUT2D eigenvalue weighted by molar-refractivity contribution is 0.600. The van der Waals surface area contributed by atoms with Crippen LogP contribution in [-0.2, 0) is 16.4 Å². The fourth-order valence-electron chi connectivity index (χ4n) is 1.44. The number of aryl methyl sites for hydroxylation is 1. The molecule has 0 saturated heterocycles. The fraction of sp³-hybridized carbons (Fsp3) is 0.167. The molecule has 0 aliphatic heterocycles. The molecule has 5 nitrogen and oxygen atoms in total. The van der Waals surface area contributed by atoms with E-state index in [0.717, 1.165) is 5.69 Å². The van der Waals surface area contributed by atoms with Crippen molar-refractivity contribution in [3.05, 3.63) is 52.9 Å². The molecule has 2 aromatic rings. The summed E-state index contributed by atoms with van der Waals surface area (Å²) in [4.78, 5) is 8.05. The zero-order valence-electron chi connectivity index (χ0n) is 9.95. The summed E-state index contributed by atoms with van der Waals surface area (Å²) in [5, 5.41) is 0. The number of rotatable bonds is 5. The van der Waals surface area contributed by atoms with E-state index >= 15 is 0 Å². The summed E-state index contributed by atoms with van der Waals surface area (Å²) in [5.74, 6) is 0.260. The second kappa shape index (κ2) is 6.12. The fourth-order valence-corrected chi connectivity index (χ4v) is 2.97. The van der Waals surface area contributed by atoms with Gasteiger partial charge in [0, 0.05) is 24.5 Å². The molecule has 1 N–H and O–H groups in total. The zero-order valence-corrected chi connectivity index (χ0v) is 12.4. The number of anilines is 1. The van der Waals surface area contributed by atoms with Gasteiger partial charge in [-0.2, -0.15) is 0 Å². The molecule has 2 heterocycles. The Morgan fingerprint density at radius 1 is 1.11 bits per heavy atom. The molecule has 0 fully saturated rings. The summed E-state index contributed by atoms with van der Waals surface area (Å²) < 4.78 is 26.9. The van der Waals surface area contributed by atoms with Crippen molar-refractivity contribution in [1.29, 1.82) is 0 Å². The van der Waals surface area contributed by atoms with Crippen LogP contribution in [0.5, 0.6) is 0 Å². The Kier molecular flexibility index (Phi) is 4.49. The molecular weight excluding hydrogens is 330 g/mol. The molecule has 0 atom stereocenters. The number of pyridine rings is 2. The van der Waals surface area contributed by atoms with Crippen molar-refractivity contribution < 1.29 is 8.42 Å². The highest BCUT2D eigenvalue weighted by Gasteiger charge is 2.13. The molecular formula is C12H12BrN3O2S. The number of hydrogen-bond donors (Lipinski definition) is 1. The van der Waals surface area contributed by atoms with Crippen LogP contribution in [-0.4, -0.2) is 24.1 Å². The summed E-state index contributed by atoms with van der Waals surface area (Å²) in [6.45, 7) is 0. The number of aromatic nitrogens is 2. The van der Waals surface area contributed by atoms with Crippen LogP contribution >= 0.6 is 15.9 Å². The molecule has 2 aromatic heterocycles. The molecule has 0 radical (unpaired) electrons. The summed E-state index contributed by atoms with van der Waals surface area (Å²) in [5.41, 5.74) is 0.743. The van der Waals surface area contributed by atoms with Gasteiger partial charge >= 0.3 is 0 Å². The van der Waals surface area contributed by atoms with Gasteiger partial charge in [0.25, 0.3) is 0 Å². The highest BCUT2D eigenvalue weighted by atomic mass is 79.9. The van der Waals surface area contributed by atoms with Crippen LogP contribution in [0.1, 0.15) is 5.69 Å². The lowest BCUT2D eigenvalue weighted by Crippen LogP contribution is -2.19. The molecule has 0 aliphatic carbocycles. The van der Waals surface area contributed by atoms with Gasteiger partial charge in [-0.3, -0.25) is 9.71 Å². The van der Waals surface area contributed by atoms with E-state index in [2.05, 4.69) is 30.6 Å². The van der Waals surface area contributed by atoms with Crippen LogP contribution in [0, 0.1) is 0 Å². The molecule has 100 valence electrons. The van der Waals surface area contributed by atoms with Gasteiger partial charge < -0.3 is 0 Å². The van der Waals surface area contributed by atoms with Gasteiger partial charge in [-0.25, -0.2) is 13.4 Å². The van der Waals surface area contributed by atoms with Crippen LogP contribution < -0.4 is 4.72 Å². The second-order valence-corrected chi connectivity index (χ2v) is 6.52. The highest BCUT2D eigenvalue weighted by Crippen LogP contribution is 2.19. The van der Waals surface area contributed by atoms with E-state index in [-0.39, 0.29) is 5.75 Å². The number of hydrogen-bond acceptors (Lipinski definition) is 4. The van der Waals surface area contributed by atoms with Crippen molar-refractivity contribution in [3.63, 3.8) is 0 Å². The van der Waals surface area contributed by atoms with E-state index in [1.807, 2.05) is 6.07 Å². The molecule has 0 aromatic carbocycles. The smallest absolute Gasteiger partial charge is 0.234 e. The lowest BCUT2D eigenvalue weighted by atomic mass is 10.3. The molecule has 0 saturated carbocycles. The van der Waals surface area contributed by atoms with E-state index in [1.54, 1.807) is 30.5 Å². The molecule has 0 amide bonds. The van der Waals surface area contributed by atoms with E-state index in [1.165, 1.54) is 6.20 Å². The number of halogens is 1. The largest absolute Gasteiger partial charge is 0.266 e. The van der Waals surface area contributed by atoms with Crippen molar-refractivity contribution in [2.75, 3.05) is 10.5 Å². The quantitative estimate of drug-likeness (QED) is 0.904. The van der Waals surface area contributed by atoms with Gasteiger partial charge in [-0.1, -0.05) is 6.07 Å². The number of nitrogens with zero attached hydrogens (tertiary/aromatic N) is 2. The van der Waals surface area contributed by atoms with Crippen molar-refractivity contribution in [1.82, 2.24) is 9.97 Å². The van der Waals surface area contributed by atoms with Crippen molar-refractivity contribution in [3.8, 4) is 0 Å². The van der Waals surface area contributed by atoms with Crippen LogP contribution in [0.2, 0.25) is 0 Å². The van der Waals surface area contributed by atoms with Crippen molar-refractivity contribution in [2.45, 2.75) is 6.42 Å². The predicted molar refractivity (Wildman–Crippen MR) is 77.3 cm³/mol. The Morgan fingerprint density at radius 3 is 2.58 bits per heavy atom. The molecule has 19 heavy (non-hydrogen) atoms. The van der Waals surface area contributed by atoms with Crippen molar-refractivity contribution in [2.24, 2.45) is 0 Å². The van der Waals surface area contributed by atoms with Crippen LogP contribution in [0.3, 0.4) is 0 Å². The monoisotopic (exact) mass is 341 g/mol. The Hall–Kier alpha value is -1.47. The van der Waals surface area contributed by atoms with Crippen molar-refractivity contribution >= 4 is 31.8 Å². The first-order valence-corrected chi connectivity index (χ1v) is 8.02. The maximum atomic E-state index is 11.9. The molecule has 0 unspecified atom stereocenters. The topological polar surface area (TPSA) is 72.0 Å². The number of sulfonamides is 1. The summed E-state index contributed by atoms with van der Waals surface area (Å²) in [6, 6.07) is 8.87. The van der Waals surface area contributed by atoms with E-state index in [9.17, 15) is 8.42 Å². The maximum Gasteiger partial charge on any atom is 0.234 e. The normalized spacial score (nSPS) is 11.2. The first-order valence-electron chi connectivity index (χ1n) is 5.58. The third-order valence-electron chi connectivity index (χ3n) is 2.36. The third kappa shape index (κ3) is 4.29. The highest BCUT2D eigenvalue weighted by molar-refractivity contribution is 9.10. The third-order valence-corrected chi connectivity index (χ3v) is 4.25. The van der Waals surface area contributed by atoms with E-state index in [0.29, 0.717) is 16.7 Å². The number of nitrogens with one attached hydrogen (secondary N) is 1. The molecule has 0 bridgehead atoms. The zero-order chi connectivity index (χ0) is 13.7. The summed E-state index contributed by atoms with van der Waals surface area (Å²) >= 11 is 3.24. The maximum absolute atomic E-state index is 11.9. The SMILES string of the molecule is O=S(=O)(CCc1ccccn1)Nc1ncccc1Br. The van der Waals surface area contributed by atoms with Gasteiger partial charge in [0.2, 0.25) is 10.0 Å². The molecule has 0 aliphatic rings. The Morgan fingerprint density at radius 2 is 1.89 bits per heavy atom. The molecule has 7 heteroatoms. The van der Waals surface area contributed by atoms with Gasteiger partial charge in [0.15, 0.2) is 5.82 Å². The van der Waals surface area contributed by atoms with Gasteiger partial charge in [0.1, 0.15) is 0 Å². The second-order valence-electron chi connectivity index (χ2n) is 3.83. The van der Waals surface area contributed by atoms with E-state index in [4.69, 9.17) is 0 Å². The van der Waals surface area contributed by atoms with Crippen LogP contribution in [0.15, 0.2) is 47.2 Å². The predicted octanol–water partition coefficient (Wildman–Crippen LogP) is 2.22. The molecule has 0 spiro atoms. The average molecular weight is 342 g/mol. The van der Waals surface area contributed by atoms with Crippen LogP contribution in [0.4, 0.5) is 5.82 Å². The summed E-state index contributed by atoms with van der Waals surface area (Å²) in [6.07, 6.45) is 3.53. The summed E-state index contributed by atoms with van der Waals surface area (Å²) in [7, 11) is -3.44. The lowest BCUT2D eigenvalue weighted by Gasteiger charge is -2.08. The standard InChI is InChI=1S/C12H12BrN3O2S/c13-11-5-3-8-15-12(11)16-19(17,18)9-6-10-4-1-2-7-14-10/h1-5,7-8H,6,9H2,(H,15,16). The minimum absolute atomic E-state index is 0.0347. The Labute approximate surface area is 120 Å². The van der Waals surface area contributed by atoms with Gasteiger partial charge in [0.05, 0.1) is 10.2 Å². The first kappa shape index (κ1) is 14.0. The minimum atomic E-state index is -3.44. The molecule has 2 rings (SSSR count). The minimum Gasteiger partial charge on any atom is -0.266 e. The van der Waals surface area contributed by atoms with E-state index < -0.39 is 10.0 Å². The Balaban J connectivity index is 2.02.